The first-order valence-corrected chi connectivity index (χ1v) is 7.65. The Morgan fingerprint density at radius 1 is 0.824 bits per heavy atom. The van der Waals surface area contributed by atoms with Crippen LogP contribution in [-0.4, -0.2) is 72.6 Å². The highest BCUT2D eigenvalue weighted by Crippen LogP contribution is 2.29. The summed E-state index contributed by atoms with van der Waals surface area (Å²) in [7, 11) is 0. The van der Waals surface area contributed by atoms with Crippen LogP contribution in [0.5, 0.6) is 0 Å². The first-order chi connectivity index (χ1) is 7.99. The van der Waals surface area contributed by atoms with Gasteiger partial charge in [0, 0.05) is 0 Å². The van der Waals surface area contributed by atoms with E-state index in [1.165, 1.54) is 23.5 Å². The third-order valence-corrected chi connectivity index (χ3v) is 4.92. The van der Waals surface area contributed by atoms with Crippen molar-refractivity contribution in [3.63, 3.8) is 0 Å². The minimum atomic E-state index is -1.55. The maximum atomic E-state index is 9.91. The van der Waals surface area contributed by atoms with Crippen LogP contribution >= 0.6 is 23.5 Å². The van der Waals surface area contributed by atoms with Gasteiger partial charge in [0.2, 0.25) is 0 Å². The molecule has 0 aliphatic rings. The van der Waals surface area contributed by atoms with Gasteiger partial charge < -0.3 is 25.5 Å². The molecule has 0 aromatic carbocycles. The van der Waals surface area contributed by atoms with Gasteiger partial charge in [0.05, 0.1) is 11.2 Å². The number of aliphatic hydroxyl groups is 5. The zero-order valence-corrected chi connectivity index (χ0v) is 11.7. The molecular formula is C10H22O5S2. The molecule has 104 valence electrons. The number of hydrogen-bond donors (Lipinski definition) is 5. The smallest absolute Gasteiger partial charge is 0.111 e. The molecule has 0 amide bonds. The second kappa shape index (κ2) is 9.43. The molecule has 0 unspecified atom stereocenters. The number of thioether (sulfide) groups is 2. The van der Waals surface area contributed by atoms with Gasteiger partial charge in [-0.1, -0.05) is 13.8 Å². The van der Waals surface area contributed by atoms with Crippen LogP contribution in [0.15, 0.2) is 0 Å². The molecule has 0 aromatic heterocycles. The molecule has 0 aliphatic heterocycles. The fourth-order valence-corrected chi connectivity index (χ4v) is 3.85. The van der Waals surface area contributed by atoms with Gasteiger partial charge in [-0.05, 0) is 11.5 Å². The highest BCUT2D eigenvalue weighted by atomic mass is 32.2. The van der Waals surface area contributed by atoms with Crippen LogP contribution in [0.2, 0.25) is 0 Å². The van der Waals surface area contributed by atoms with Gasteiger partial charge in [-0.3, -0.25) is 0 Å². The van der Waals surface area contributed by atoms with E-state index in [2.05, 4.69) is 0 Å². The first kappa shape index (κ1) is 17.5. The molecule has 0 spiro atoms. The number of rotatable bonds is 9. The first-order valence-electron chi connectivity index (χ1n) is 5.55. The lowest BCUT2D eigenvalue weighted by Gasteiger charge is -2.30. The minimum absolute atomic E-state index is 0.263. The molecule has 0 fully saturated rings. The van der Waals surface area contributed by atoms with Crippen molar-refractivity contribution in [2.24, 2.45) is 0 Å². The molecule has 0 bridgehead atoms. The lowest BCUT2D eigenvalue weighted by atomic mass is 10.0. The largest absolute Gasteiger partial charge is 0.394 e. The van der Waals surface area contributed by atoms with E-state index in [0.717, 1.165) is 11.5 Å². The van der Waals surface area contributed by atoms with E-state index in [1.54, 1.807) is 0 Å². The average molecular weight is 286 g/mol. The molecule has 0 saturated heterocycles. The van der Waals surface area contributed by atoms with E-state index < -0.39 is 31.0 Å². The number of hydrogen-bond acceptors (Lipinski definition) is 7. The molecule has 0 aliphatic carbocycles. The van der Waals surface area contributed by atoms with E-state index in [0.29, 0.717) is 0 Å². The summed E-state index contributed by atoms with van der Waals surface area (Å²) >= 11 is 2.94. The van der Waals surface area contributed by atoms with Gasteiger partial charge in [0.25, 0.3) is 0 Å². The predicted molar refractivity (Wildman–Crippen MR) is 71.2 cm³/mol. The van der Waals surface area contributed by atoms with Gasteiger partial charge in [0.15, 0.2) is 0 Å². The number of aliphatic hydroxyl groups excluding tert-OH is 5. The molecule has 0 aromatic rings. The van der Waals surface area contributed by atoms with Gasteiger partial charge in [0.1, 0.15) is 24.4 Å². The van der Waals surface area contributed by atoms with Crippen molar-refractivity contribution in [1.82, 2.24) is 0 Å². The highest BCUT2D eigenvalue weighted by molar-refractivity contribution is 8.17. The fraction of sp³-hybridized carbons (Fsp3) is 1.00. The van der Waals surface area contributed by atoms with Crippen LogP contribution in [0.4, 0.5) is 0 Å². The summed E-state index contributed by atoms with van der Waals surface area (Å²) in [5, 5.41) is 47.0. The molecular weight excluding hydrogens is 264 g/mol. The predicted octanol–water partition coefficient (Wildman–Crippen LogP) is -0.745. The van der Waals surface area contributed by atoms with Crippen LogP contribution in [-0.2, 0) is 0 Å². The maximum absolute atomic E-state index is 9.91. The Kier molecular flexibility index (Phi) is 9.71. The summed E-state index contributed by atoms with van der Waals surface area (Å²) in [6.45, 7) is 3.22. The van der Waals surface area contributed by atoms with Gasteiger partial charge in [-0.15, -0.1) is 23.5 Å². The van der Waals surface area contributed by atoms with Crippen molar-refractivity contribution >= 4 is 23.5 Å². The Morgan fingerprint density at radius 2 is 1.29 bits per heavy atom. The second-order valence-corrected chi connectivity index (χ2v) is 6.64. The molecule has 0 radical (unpaired) electrons. The summed E-state index contributed by atoms with van der Waals surface area (Å²) in [5.41, 5.74) is 0. The van der Waals surface area contributed by atoms with E-state index in [-0.39, 0.29) is 4.58 Å². The van der Waals surface area contributed by atoms with Crippen molar-refractivity contribution in [1.29, 1.82) is 0 Å². The lowest BCUT2D eigenvalue weighted by Crippen LogP contribution is -2.48. The summed E-state index contributed by atoms with van der Waals surface area (Å²) in [5.74, 6) is 1.56. The van der Waals surface area contributed by atoms with Crippen LogP contribution < -0.4 is 0 Å². The minimum Gasteiger partial charge on any atom is -0.394 e. The highest BCUT2D eigenvalue weighted by Gasteiger charge is 2.34. The fourth-order valence-electron chi connectivity index (χ4n) is 1.27. The molecule has 5 N–H and O–H groups in total. The Labute approximate surface area is 110 Å². The summed E-state index contributed by atoms with van der Waals surface area (Å²) in [6, 6.07) is 0. The van der Waals surface area contributed by atoms with Crippen molar-refractivity contribution in [3.8, 4) is 0 Å². The third kappa shape index (κ3) is 5.78. The molecule has 0 heterocycles. The van der Waals surface area contributed by atoms with Crippen molar-refractivity contribution in [3.05, 3.63) is 0 Å². The van der Waals surface area contributed by atoms with E-state index in [4.69, 9.17) is 5.11 Å². The van der Waals surface area contributed by atoms with E-state index >= 15 is 0 Å². The average Bonchev–Trinajstić information content (AvgIpc) is 2.34. The summed E-state index contributed by atoms with van der Waals surface area (Å²) < 4.78 is -0.263. The normalized spacial score (nSPS) is 19.1. The van der Waals surface area contributed by atoms with Gasteiger partial charge in [-0.2, -0.15) is 0 Å². The second-order valence-electron chi connectivity index (χ2n) is 3.50. The summed E-state index contributed by atoms with van der Waals surface area (Å²) in [6.07, 6.45) is -5.62. The van der Waals surface area contributed by atoms with Gasteiger partial charge >= 0.3 is 0 Å². The Hall–Kier alpha value is 0.500. The SMILES string of the molecule is CCSC(SCC)[C@H](O)[C@H](O)[C@H](O)[C@H](O)CO. The van der Waals surface area contributed by atoms with Crippen LogP contribution in [0.25, 0.3) is 0 Å². The molecule has 4 atom stereocenters. The lowest BCUT2D eigenvalue weighted by molar-refractivity contribution is -0.111. The Bertz CT molecular complexity index is 190. The van der Waals surface area contributed by atoms with Crippen LogP contribution in [0.3, 0.4) is 0 Å². The van der Waals surface area contributed by atoms with Gasteiger partial charge in [-0.25, -0.2) is 0 Å². The van der Waals surface area contributed by atoms with E-state index in [1.807, 2.05) is 13.8 Å². The van der Waals surface area contributed by atoms with E-state index in [9.17, 15) is 20.4 Å². The monoisotopic (exact) mass is 286 g/mol. The topological polar surface area (TPSA) is 101 Å². The maximum Gasteiger partial charge on any atom is 0.111 e. The Morgan fingerprint density at radius 3 is 1.65 bits per heavy atom. The summed E-state index contributed by atoms with van der Waals surface area (Å²) in [4.78, 5) is 0. The molecule has 7 heteroatoms. The van der Waals surface area contributed by atoms with Crippen molar-refractivity contribution in [2.75, 3.05) is 18.1 Å². The zero-order chi connectivity index (χ0) is 13.4. The molecule has 0 saturated carbocycles. The standard InChI is InChI=1S/C10H22O5S2/c1-3-16-10(17-4-2)9(15)8(14)7(13)6(12)5-11/h6-15H,3-5H2,1-2H3/t6-,7-,8-,9-/m1/s1. The Balaban J connectivity index is 4.46. The van der Waals surface area contributed by atoms with Crippen LogP contribution in [0.1, 0.15) is 13.8 Å². The zero-order valence-electron chi connectivity index (χ0n) is 10.1. The van der Waals surface area contributed by atoms with Crippen molar-refractivity contribution in [2.45, 2.75) is 42.8 Å². The quantitative estimate of drug-likeness (QED) is 0.356. The van der Waals surface area contributed by atoms with Crippen LogP contribution in [0, 0.1) is 0 Å². The third-order valence-electron chi connectivity index (χ3n) is 2.22. The molecule has 0 rings (SSSR count). The molecule has 5 nitrogen and oxygen atoms in total. The van der Waals surface area contributed by atoms with Crippen molar-refractivity contribution < 1.29 is 25.5 Å². The molecule has 17 heavy (non-hydrogen) atoms.